The second-order valence-corrected chi connectivity index (χ2v) is 9.41. The highest BCUT2D eigenvalue weighted by Gasteiger charge is 2.25. The van der Waals surface area contributed by atoms with Gasteiger partial charge < -0.3 is 15.5 Å². The maximum Gasteiger partial charge on any atom is 0.275 e. The smallest absolute Gasteiger partial charge is 0.275 e. The Balaban J connectivity index is 1.40. The standard InChI is InChI=1S/C25H23ClN4OS2/c1-2-13-27-25(32)30-14-11-18(12-15-30)24-29-22(16-33-24)23(31)28-21-6-4-3-5-20(21)17-7-9-19(26)10-8-17/h1,3-10,16,18H,11-15H2,(H,27,32)(H,28,31). The summed E-state index contributed by atoms with van der Waals surface area (Å²) in [5.74, 6) is 2.65. The Hall–Kier alpha value is -2.92. The third-order valence-electron chi connectivity index (χ3n) is 5.56. The van der Waals surface area contributed by atoms with Crippen LogP contribution in [0, 0.1) is 12.3 Å². The van der Waals surface area contributed by atoms with Gasteiger partial charge in [-0.15, -0.1) is 17.8 Å². The average molecular weight is 495 g/mol. The van der Waals surface area contributed by atoms with E-state index >= 15 is 0 Å². The van der Waals surface area contributed by atoms with Gasteiger partial charge in [-0.05, 0) is 48.8 Å². The van der Waals surface area contributed by atoms with Crippen LogP contribution in [0.3, 0.4) is 0 Å². The lowest BCUT2D eigenvalue weighted by atomic mass is 9.98. The third kappa shape index (κ3) is 5.72. The van der Waals surface area contributed by atoms with Gasteiger partial charge in [0.25, 0.3) is 5.91 Å². The molecule has 0 aliphatic carbocycles. The molecule has 4 rings (SSSR count). The van der Waals surface area contributed by atoms with Crippen LogP contribution < -0.4 is 10.6 Å². The number of nitrogens with zero attached hydrogens (tertiary/aromatic N) is 2. The summed E-state index contributed by atoms with van der Waals surface area (Å²) in [5.41, 5.74) is 3.09. The maximum absolute atomic E-state index is 13.0. The molecule has 5 nitrogen and oxygen atoms in total. The number of piperidine rings is 1. The normalized spacial score (nSPS) is 13.9. The van der Waals surface area contributed by atoms with Crippen molar-refractivity contribution in [2.24, 2.45) is 0 Å². The van der Waals surface area contributed by atoms with Gasteiger partial charge >= 0.3 is 0 Å². The van der Waals surface area contributed by atoms with Crippen LogP contribution in [0.4, 0.5) is 5.69 Å². The quantitative estimate of drug-likeness (QED) is 0.367. The van der Waals surface area contributed by atoms with Crippen molar-refractivity contribution in [3.05, 3.63) is 69.6 Å². The Morgan fingerprint density at radius 2 is 1.94 bits per heavy atom. The van der Waals surface area contributed by atoms with Crippen molar-refractivity contribution in [3.8, 4) is 23.5 Å². The number of halogens is 1. The molecular formula is C25H23ClN4OS2. The molecule has 8 heteroatoms. The monoisotopic (exact) mass is 494 g/mol. The molecule has 0 atom stereocenters. The van der Waals surface area contributed by atoms with E-state index in [2.05, 4.69) is 26.4 Å². The number of nitrogens with one attached hydrogen (secondary N) is 2. The largest absolute Gasteiger partial charge is 0.352 e. The number of benzene rings is 2. The maximum atomic E-state index is 13.0. The average Bonchev–Trinajstić information content (AvgIpc) is 3.34. The number of rotatable bonds is 5. The summed E-state index contributed by atoms with van der Waals surface area (Å²) in [6.07, 6.45) is 7.16. The number of aromatic nitrogens is 1. The summed E-state index contributed by atoms with van der Waals surface area (Å²) < 4.78 is 0. The summed E-state index contributed by atoms with van der Waals surface area (Å²) >= 11 is 13.0. The van der Waals surface area contributed by atoms with Crippen LogP contribution in [0.15, 0.2) is 53.9 Å². The van der Waals surface area contributed by atoms with Crippen molar-refractivity contribution in [1.29, 1.82) is 0 Å². The number of likely N-dealkylation sites (tertiary alicyclic amines) is 1. The second-order valence-electron chi connectivity index (χ2n) is 7.70. The predicted molar refractivity (Wildman–Crippen MR) is 140 cm³/mol. The molecule has 1 amide bonds. The summed E-state index contributed by atoms with van der Waals surface area (Å²) in [4.78, 5) is 19.7. The highest BCUT2D eigenvalue weighted by molar-refractivity contribution is 7.80. The first kappa shape index (κ1) is 23.2. The number of carbonyl (C=O) groups excluding carboxylic acids is 1. The lowest BCUT2D eigenvalue weighted by Crippen LogP contribution is -2.44. The van der Waals surface area contributed by atoms with Gasteiger partial charge in [-0.2, -0.15) is 0 Å². The molecule has 0 radical (unpaired) electrons. The van der Waals surface area contributed by atoms with Gasteiger partial charge in [-0.1, -0.05) is 47.9 Å². The lowest BCUT2D eigenvalue weighted by Gasteiger charge is -2.32. The second kappa shape index (κ2) is 10.8. The Labute approximate surface area is 208 Å². The molecular weight excluding hydrogens is 472 g/mol. The molecule has 33 heavy (non-hydrogen) atoms. The van der Waals surface area contributed by atoms with Gasteiger partial charge in [0.15, 0.2) is 5.11 Å². The number of anilines is 1. The van der Waals surface area contributed by atoms with Crippen LogP contribution in [0.25, 0.3) is 11.1 Å². The fraction of sp³-hybridized carbons (Fsp3) is 0.240. The van der Waals surface area contributed by atoms with E-state index in [4.69, 9.17) is 30.2 Å². The van der Waals surface area contributed by atoms with Crippen molar-refractivity contribution in [2.45, 2.75) is 18.8 Å². The first-order chi connectivity index (χ1) is 16.0. The summed E-state index contributed by atoms with van der Waals surface area (Å²) in [7, 11) is 0. The summed E-state index contributed by atoms with van der Waals surface area (Å²) in [5, 5.41) is 10.3. The van der Waals surface area contributed by atoms with E-state index in [1.165, 1.54) is 0 Å². The number of hydrogen-bond donors (Lipinski definition) is 2. The lowest BCUT2D eigenvalue weighted by molar-refractivity contribution is 0.102. The van der Waals surface area contributed by atoms with E-state index in [0.717, 1.165) is 47.8 Å². The van der Waals surface area contributed by atoms with Crippen LogP contribution in [0.2, 0.25) is 5.02 Å². The van der Waals surface area contributed by atoms with Crippen LogP contribution >= 0.6 is 35.2 Å². The van der Waals surface area contributed by atoms with Crippen LogP contribution in [0.5, 0.6) is 0 Å². The van der Waals surface area contributed by atoms with Crippen LogP contribution in [0.1, 0.15) is 34.3 Å². The van der Waals surface area contributed by atoms with Gasteiger partial charge in [0.1, 0.15) is 5.69 Å². The molecule has 3 aromatic rings. The third-order valence-corrected chi connectivity index (χ3v) is 7.22. The highest BCUT2D eigenvalue weighted by atomic mass is 35.5. The molecule has 1 aliphatic rings. The topological polar surface area (TPSA) is 57.3 Å². The van der Waals surface area contributed by atoms with Crippen molar-refractivity contribution in [2.75, 3.05) is 25.0 Å². The zero-order valence-electron chi connectivity index (χ0n) is 17.9. The number of terminal acetylenes is 1. The summed E-state index contributed by atoms with van der Waals surface area (Å²) in [6.45, 7) is 2.12. The molecule has 1 saturated heterocycles. The molecule has 0 saturated carbocycles. The fourth-order valence-electron chi connectivity index (χ4n) is 3.81. The number of hydrogen-bond acceptors (Lipinski definition) is 4. The van der Waals surface area contributed by atoms with E-state index in [9.17, 15) is 4.79 Å². The summed E-state index contributed by atoms with van der Waals surface area (Å²) in [6, 6.07) is 15.3. The first-order valence-electron chi connectivity index (χ1n) is 10.6. The van der Waals surface area contributed by atoms with Gasteiger partial charge in [0, 0.05) is 40.7 Å². The molecule has 2 aromatic carbocycles. The Bertz CT molecular complexity index is 1180. The Kier molecular flexibility index (Phi) is 7.61. The van der Waals surface area contributed by atoms with Gasteiger partial charge in [0.2, 0.25) is 0 Å². The highest BCUT2D eigenvalue weighted by Crippen LogP contribution is 2.32. The van der Waals surface area contributed by atoms with Gasteiger partial charge in [-0.3, -0.25) is 4.79 Å². The molecule has 0 bridgehead atoms. The molecule has 168 valence electrons. The Morgan fingerprint density at radius 1 is 1.21 bits per heavy atom. The van der Waals surface area contributed by atoms with E-state index in [0.29, 0.717) is 28.3 Å². The molecule has 1 aliphatic heterocycles. The zero-order valence-corrected chi connectivity index (χ0v) is 20.3. The van der Waals surface area contributed by atoms with Crippen molar-refractivity contribution in [1.82, 2.24) is 15.2 Å². The minimum atomic E-state index is -0.212. The number of para-hydroxylation sites is 1. The van der Waals surface area contributed by atoms with Crippen molar-refractivity contribution < 1.29 is 4.79 Å². The van der Waals surface area contributed by atoms with Crippen LogP contribution in [-0.4, -0.2) is 40.5 Å². The number of thiazole rings is 1. The van der Waals surface area contributed by atoms with E-state index in [-0.39, 0.29) is 5.91 Å². The van der Waals surface area contributed by atoms with Crippen molar-refractivity contribution in [3.63, 3.8) is 0 Å². The van der Waals surface area contributed by atoms with Gasteiger partial charge in [-0.25, -0.2) is 4.98 Å². The molecule has 1 fully saturated rings. The molecule has 0 spiro atoms. The van der Waals surface area contributed by atoms with E-state index in [1.54, 1.807) is 11.3 Å². The SMILES string of the molecule is C#CCNC(=S)N1CCC(c2nc(C(=O)Nc3ccccc3-c3ccc(Cl)cc3)cs2)CC1. The fourth-order valence-corrected chi connectivity index (χ4v) is 5.16. The predicted octanol–water partition coefficient (Wildman–Crippen LogP) is 5.40. The number of carbonyl (C=O) groups is 1. The Morgan fingerprint density at radius 3 is 2.67 bits per heavy atom. The number of amides is 1. The molecule has 0 unspecified atom stereocenters. The molecule has 1 aromatic heterocycles. The molecule has 2 heterocycles. The number of thiocarbonyl (C=S) groups is 1. The zero-order chi connectivity index (χ0) is 23.2. The van der Waals surface area contributed by atoms with E-state index in [1.807, 2.05) is 53.9 Å². The minimum absolute atomic E-state index is 0.212. The van der Waals surface area contributed by atoms with Gasteiger partial charge in [0.05, 0.1) is 11.6 Å². The minimum Gasteiger partial charge on any atom is -0.352 e. The van der Waals surface area contributed by atoms with Crippen molar-refractivity contribution >= 4 is 51.9 Å². The van der Waals surface area contributed by atoms with E-state index < -0.39 is 0 Å². The van der Waals surface area contributed by atoms with Crippen LogP contribution in [-0.2, 0) is 0 Å². The first-order valence-corrected chi connectivity index (χ1v) is 12.3. The molecule has 2 N–H and O–H groups in total.